The Hall–Kier alpha value is -1.32. The first-order valence-electron chi connectivity index (χ1n) is 5.80. The average Bonchev–Trinajstić information content (AvgIpc) is 2.89. The van der Waals surface area contributed by atoms with Gasteiger partial charge in [0.2, 0.25) is 0 Å². The molecule has 0 bridgehead atoms. The number of hydrogen-bond acceptors (Lipinski definition) is 3. The molecule has 0 saturated carbocycles. The van der Waals surface area contributed by atoms with Crippen LogP contribution >= 0.6 is 11.3 Å². The molecule has 1 aromatic heterocycles. The summed E-state index contributed by atoms with van der Waals surface area (Å²) in [5, 5.41) is 2.06. The molecule has 0 aliphatic carbocycles. The second-order valence-electron chi connectivity index (χ2n) is 3.95. The van der Waals surface area contributed by atoms with E-state index >= 15 is 0 Å². The van der Waals surface area contributed by atoms with E-state index in [1.165, 1.54) is 4.88 Å². The van der Waals surface area contributed by atoms with Crippen LogP contribution in [0.5, 0.6) is 5.75 Å². The molecule has 1 aromatic carbocycles. The Morgan fingerprint density at radius 2 is 2.00 bits per heavy atom. The predicted octanol–water partition coefficient (Wildman–Crippen LogP) is 3.74. The first kappa shape index (κ1) is 12.1. The van der Waals surface area contributed by atoms with E-state index in [1.54, 1.807) is 11.3 Å². The van der Waals surface area contributed by atoms with E-state index in [0.717, 1.165) is 17.7 Å². The Balaban J connectivity index is 1.94. The van der Waals surface area contributed by atoms with Gasteiger partial charge in [0, 0.05) is 10.9 Å². The van der Waals surface area contributed by atoms with Crippen molar-refractivity contribution in [2.45, 2.75) is 26.0 Å². The van der Waals surface area contributed by atoms with Crippen molar-refractivity contribution in [3.05, 3.63) is 52.2 Å². The largest absolute Gasteiger partial charge is 0.488 e. The van der Waals surface area contributed by atoms with E-state index in [-0.39, 0.29) is 6.04 Å². The molecule has 0 fully saturated rings. The van der Waals surface area contributed by atoms with Crippen LogP contribution in [-0.2, 0) is 6.61 Å². The number of ether oxygens (including phenoxy) is 1. The Kier molecular flexibility index (Phi) is 4.18. The summed E-state index contributed by atoms with van der Waals surface area (Å²) < 4.78 is 5.69. The molecule has 1 heterocycles. The van der Waals surface area contributed by atoms with E-state index in [4.69, 9.17) is 10.5 Å². The fourth-order valence-corrected chi connectivity index (χ4v) is 2.21. The third kappa shape index (κ3) is 3.32. The molecule has 0 amide bonds. The van der Waals surface area contributed by atoms with Crippen molar-refractivity contribution in [3.8, 4) is 5.75 Å². The van der Waals surface area contributed by atoms with Gasteiger partial charge >= 0.3 is 0 Å². The van der Waals surface area contributed by atoms with Gasteiger partial charge in [0.1, 0.15) is 12.4 Å². The zero-order chi connectivity index (χ0) is 12.1. The lowest BCUT2D eigenvalue weighted by Crippen LogP contribution is -2.08. The highest BCUT2D eigenvalue weighted by Gasteiger charge is 2.03. The first-order valence-corrected chi connectivity index (χ1v) is 6.68. The van der Waals surface area contributed by atoms with Crippen molar-refractivity contribution < 1.29 is 4.74 Å². The summed E-state index contributed by atoms with van der Waals surface area (Å²) in [7, 11) is 0. The molecule has 0 aliphatic heterocycles. The van der Waals surface area contributed by atoms with Crippen LogP contribution in [0.1, 0.15) is 29.8 Å². The molecule has 1 unspecified atom stereocenters. The minimum atomic E-state index is 0.126. The Bertz CT molecular complexity index is 436. The molecule has 17 heavy (non-hydrogen) atoms. The summed E-state index contributed by atoms with van der Waals surface area (Å²) in [6.45, 7) is 2.72. The fraction of sp³-hybridized carbons (Fsp3) is 0.286. The summed E-state index contributed by atoms with van der Waals surface area (Å²) in [5.41, 5.74) is 7.12. The predicted molar refractivity (Wildman–Crippen MR) is 72.3 cm³/mol. The van der Waals surface area contributed by atoms with Crippen LogP contribution in [-0.4, -0.2) is 0 Å². The lowest BCUT2D eigenvalue weighted by molar-refractivity contribution is 0.309. The van der Waals surface area contributed by atoms with Crippen LogP contribution in [0.15, 0.2) is 41.8 Å². The quantitative estimate of drug-likeness (QED) is 0.873. The third-order valence-corrected chi connectivity index (χ3v) is 3.56. The minimum Gasteiger partial charge on any atom is -0.488 e. The molecule has 2 N–H and O–H groups in total. The maximum atomic E-state index is 5.96. The highest BCUT2D eigenvalue weighted by atomic mass is 32.1. The van der Waals surface area contributed by atoms with E-state index in [9.17, 15) is 0 Å². The number of benzene rings is 1. The van der Waals surface area contributed by atoms with Crippen molar-refractivity contribution in [1.82, 2.24) is 0 Å². The summed E-state index contributed by atoms with van der Waals surface area (Å²) >= 11 is 1.71. The Morgan fingerprint density at radius 3 is 2.59 bits per heavy atom. The molecule has 2 aromatic rings. The molecule has 90 valence electrons. The topological polar surface area (TPSA) is 35.2 Å². The van der Waals surface area contributed by atoms with Gasteiger partial charge < -0.3 is 10.5 Å². The molecule has 0 aliphatic rings. The maximum absolute atomic E-state index is 5.96. The highest BCUT2D eigenvalue weighted by molar-refractivity contribution is 7.09. The third-order valence-electron chi connectivity index (χ3n) is 2.71. The molecular formula is C14H17NOS. The zero-order valence-electron chi connectivity index (χ0n) is 9.93. The second kappa shape index (κ2) is 5.84. The van der Waals surface area contributed by atoms with Gasteiger partial charge in [-0.2, -0.15) is 0 Å². The number of nitrogens with two attached hydrogens (primary N) is 1. The van der Waals surface area contributed by atoms with E-state index in [2.05, 4.69) is 18.4 Å². The van der Waals surface area contributed by atoms with Crippen molar-refractivity contribution >= 4 is 11.3 Å². The zero-order valence-corrected chi connectivity index (χ0v) is 10.7. The number of rotatable bonds is 5. The molecule has 0 radical (unpaired) electrons. The van der Waals surface area contributed by atoms with Crippen LogP contribution in [0.2, 0.25) is 0 Å². The summed E-state index contributed by atoms with van der Waals surface area (Å²) in [6.07, 6.45) is 0.954. The highest BCUT2D eigenvalue weighted by Crippen LogP contribution is 2.19. The van der Waals surface area contributed by atoms with Crippen molar-refractivity contribution in [3.63, 3.8) is 0 Å². The van der Waals surface area contributed by atoms with E-state index in [0.29, 0.717) is 6.61 Å². The van der Waals surface area contributed by atoms with Crippen LogP contribution in [0.4, 0.5) is 0 Å². The first-order chi connectivity index (χ1) is 8.29. The van der Waals surface area contributed by atoms with Crippen LogP contribution < -0.4 is 10.5 Å². The Labute approximate surface area is 106 Å². The number of thiophene rings is 1. The average molecular weight is 247 g/mol. The smallest absolute Gasteiger partial charge is 0.122 e. The van der Waals surface area contributed by atoms with Crippen molar-refractivity contribution in [2.75, 3.05) is 0 Å². The van der Waals surface area contributed by atoms with Gasteiger partial charge in [-0.05, 0) is 35.6 Å². The van der Waals surface area contributed by atoms with E-state index < -0.39 is 0 Å². The molecule has 0 saturated heterocycles. The minimum absolute atomic E-state index is 0.126. The van der Waals surface area contributed by atoms with Gasteiger partial charge in [0.05, 0.1) is 0 Å². The molecule has 1 atom stereocenters. The summed E-state index contributed by atoms with van der Waals surface area (Å²) in [4.78, 5) is 1.24. The second-order valence-corrected chi connectivity index (χ2v) is 4.98. The molecule has 0 spiro atoms. The summed E-state index contributed by atoms with van der Waals surface area (Å²) in [5.74, 6) is 0.894. The van der Waals surface area contributed by atoms with Crippen LogP contribution in [0, 0.1) is 0 Å². The normalized spacial score (nSPS) is 12.4. The number of hydrogen-bond donors (Lipinski definition) is 1. The molecule has 3 heteroatoms. The van der Waals surface area contributed by atoms with Crippen LogP contribution in [0.25, 0.3) is 0 Å². The van der Waals surface area contributed by atoms with Gasteiger partial charge in [-0.15, -0.1) is 11.3 Å². The van der Waals surface area contributed by atoms with Crippen molar-refractivity contribution in [2.24, 2.45) is 5.73 Å². The van der Waals surface area contributed by atoms with Gasteiger partial charge in [-0.3, -0.25) is 0 Å². The van der Waals surface area contributed by atoms with Gasteiger partial charge in [-0.25, -0.2) is 0 Å². The Morgan fingerprint density at radius 1 is 1.24 bits per heavy atom. The van der Waals surface area contributed by atoms with Crippen LogP contribution in [0.3, 0.4) is 0 Å². The lowest BCUT2D eigenvalue weighted by atomic mass is 10.1. The monoisotopic (exact) mass is 247 g/mol. The molecule has 2 rings (SSSR count). The molecule has 2 nitrogen and oxygen atoms in total. The molecular weight excluding hydrogens is 230 g/mol. The van der Waals surface area contributed by atoms with E-state index in [1.807, 2.05) is 30.3 Å². The van der Waals surface area contributed by atoms with Crippen molar-refractivity contribution in [1.29, 1.82) is 0 Å². The van der Waals surface area contributed by atoms with Gasteiger partial charge in [-0.1, -0.05) is 25.1 Å². The maximum Gasteiger partial charge on any atom is 0.122 e. The fourth-order valence-electron chi connectivity index (χ4n) is 1.60. The van der Waals surface area contributed by atoms with Gasteiger partial charge in [0.25, 0.3) is 0 Å². The lowest BCUT2D eigenvalue weighted by Gasteiger charge is -2.10. The summed E-state index contributed by atoms with van der Waals surface area (Å²) in [6, 6.07) is 12.3. The van der Waals surface area contributed by atoms with Gasteiger partial charge in [0.15, 0.2) is 0 Å². The standard InChI is InChI=1S/C14H17NOS/c1-2-14(15)11-5-7-12(8-6-11)16-10-13-4-3-9-17-13/h3-9,14H,2,10,15H2,1H3. The SMILES string of the molecule is CCC(N)c1ccc(OCc2cccs2)cc1.